The van der Waals surface area contributed by atoms with Crippen LogP contribution in [-0.2, 0) is 0 Å². The van der Waals surface area contributed by atoms with Crippen molar-refractivity contribution in [3.05, 3.63) is 42.5 Å². The van der Waals surface area contributed by atoms with Crippen LogP contribution in [0.5, 0.6) is 5.75 Å². The molecule has 0 saturated carbocycles. The van der Waals surface area contributed by atoms with Crippen LogP contribution < -0.4 is 10.5 Å². The van der Waals surface area contributed by atoms with E-state index < -0.39 is 0 Å². The van der Waals surface area contributed by atoms with E-state index in [1.54, 1.807) is 0 Å². The predicted octanol–water partition coefficient (Wildman–Crippen LogP) is 2.93. The second kappa shape index (κ2) is 4.87. The van der Waals surface area contributed by atoms with E-state index in [9.17, 15) is 0 Å². The van der Waals surface area contributed by atoms with Gasteiger partial charge in [0.05, 0.1) is 0 Å². The van der Waals surface area contributed by atoms with Gasteiger partial charge in [-0.05, 0) is 17.9 Å². The predicted molar refractivity (Wildman–Crippen MR) is 70.6 cm³/mol. The second-order valence-electron chi connectivity index (χ2n) is 3.95. The molecule has 0 aromatic heterocycles. The summed E-state index contributed by atoms with van der Waals surface area (Å²) >= 11 is 0. The zero-order valence-electron chi connectivity index (χ0n) is 9.81. The number of nitrogens with two attached hydrogens (primary N) is 1. The summed E-state index contributed by atoms with van der Waals surface area (Å²) in [6.07, 6.45) is 0.347. The molecule has 0 spiro atoms. The lowest BCUT2D eigenvalue weighted by Crippen LogP contribution is -2.32. The fourth-order valence-electron chi connectivity index (χ4n) is 1.82. The Morgan fingerprint density at radius 3 is 2.65 bits per heavy atom. The Labute approximate surface area is 101 Å². The fraction of sp³-hybridized carbons (Fsp3) is 0.214. The smallest absolute Gasteiger partial charge is 0.155 e. The third-order valence-corrected chi connectivity index (χ3v) is 2.74. The summed E-state index contributed by atoms with van der Waals surface area (Å²) in [6.45, 7) is 1.96. The van der Waals surface area contributed by atoms with Crippen LogP contribution in [0.3, 0.4) is 0 Å². The molecule has 0 saturated heterocycles. The molecular weight excluding hydrogens is 212 g/mol. The molecule has 88 valence electrons. The van der Waals surface area contributed by atoms with E-state index >= 15 is 0 Å². The third kappa shape index (κ3) is 2.38. The number of rotatable bonds is 4. The van der Waals surface area contributed by atoms with Crippen molar-refractivity contribution in [2.24, 2.45) is 5.73 Å². The zero-order valence-corrected chi connectivity index (χ0v) is 9.81. The maximum Gasteiger partial charge on any atom is 0.155 e. The summed E-state index contributed by atoms with van der Waals surface area (Å²) in [5.41, 5.74) is 5.50. The highest BCUT2D eigenvalue weighted by molar-refractivity contribution is 5.89. The lowest BCUT2D eigenvalue weighted by molar-refractivity contribution is 0.263. The molecule has 17 heavy (non-hydrogen) atoms. The maximum absolute atomic E-state index is 7.46. The van der Waals surface area contributed by atoms with Crippen LogP contribution >= 0.6 is 0 Å². The summed E-state index contributed by atoms with van der Waals surface area (Å²) in [5.74, 6) is 0.852. The standard InChI is InChI=1S/C14H16N2O/c1-2-12(14(15)16)17-13-9-5-7-10-6-3-4-8-11(10)13/h3-9,12H,2H2,1H3,(H3,15,16). The Morgan fingerprint density at radius 2 is 1.94 bits per heavy atom. The van der Waals surface area contributed by atoms with Gasteiger partial charge in [-0.1, -0.05) is 43.3 Å². The summed E-state index contributed by atoms with van der Waals surface area (Å²) in [4.78, 5) is 0. The van der Waals surface area contributed by atoms with Gasteiger partial charge in [-0.3, -0.25) is 5.41 Å². The number of nitrogens with one attached hydrogen (secondary N) is 1. The van der Waals surface area contributed by atoms with Gasteiger partial charge >= 0.3 is 0 Å². The first kappa shape index (κ1) is 11.5. The Bertz CT molecular complexity index is 531. The van der Waals surface area contributed by atoms with Gasteiger partial charge in [-0.15, -0.1) is 0 Å². The van der Waals surface area contributed by atoms with Crippen LogP contribution in [0.2, 0.25) is 0 Å². The Hall–Kier alpha value is -2.03. The van der Waals surface area contributed by atoms with Crippen LogP contribution in [0, 0.1) is 5.41 Å². The lowest BCUT2D eigenvalue weighted by atomic mass is 10.1. The lowest BCUT2D eigenvalue weighted by Gasteiger charge is -2.17. The monoisotopic (exact) mass is 228 g/mol. The van der Waals surface area contributed by atoms with Crippen molar-refractivity contribution >= 4 is 16.6 Å². The van der Waals surface area contributed by atoms with Gasteiger partial charge in [0.15, 0.2) is 6.10 Å². The van der Waals surface area contributed by atoms with Crippen molar-refractivity contribution in [1.29, 1.82) is 5.41 Å². The van der Waals surface area contributed by atoms with Crippen molar-refractivity contribution in [3.8, 4) is 5.75 Å². The van der Waals surface area contributed by atoms with Gasteiger partial charge in [0.1, 0.15) is 11.6 Å². The molecule has 1 atom stereocenters. The molecule has 3 nitrogen and oxygen atoms in total. The number of benzene rings is 2. The highest BCUT2D eigenvalue weighted by Crippen LogP contribution is 2.26. The van der Waals surface area contributed by atoms with Crippen LogP contribution in [0.1, 0.15) is 13.3 Å². The molecule has 1 unspecified atom stereocenters. The van der Waals surface area contributed by atoms with E-state index in [4.69, 9.17) is 15.9 Å². The van der Waals surface area contributed by atoms with Gasteiger partial charge in [0.2, 0.25) is 0 Å². The van der Waals surface area contributed by atoms with E-state index in [0.717, 1.165) is 16.5 Å². The zero-order chi connectivity index (χ0) is 12.3. The van der Waals surface area contributed by atoms with E-state index in [0.29, 0.717) is 6.42 Å². The van der Waals surface area contributed by atoms with Crippen molar-refractivity contribution in [2.75, 3.05) is 0 Å². The van der Waals surface area contributed by atoms with Crippen LogP contribution in [0.4, 0.5) is 0 Å². The molecule has 0 amide bonds. The highest BCUT2D eigenvalue weighted by Gasteiger charge is 2.12. The summed E-state index contributed by atoms with van der Waals surface area (Å²) in [6, 6.07) is 13.9. The molecule has 0 bridgehead atoms. The minimum atomic E-state index is -0.346. The SMILES string of the molecule is CCC(Oc1cccc2ccccc12)C(=N)N. The second-order valence-corrected chi connectivity index (χ2v) is 3.95. The van der Waals surface area contributed by atoms with Crippen LogP contribution in [0.25, 0.3) is 10.8 Å². The minimum Gasteiger partial charge on any atom is -0.482 e. The summed E-state index contributed by atoms with van der Waals surface area (Å²) in [7, 11) is 0. The molecule has 0 fully saturated rings. The minimum absolute atomic E-state index is 0.0698. The molecule has 2 aromatic carbocycles. The molecule has 0 radical (unpaired) electrons. The first-order valence-electron chi connectivity index (χ1n) is 5.70. The number of ether oxygens (including phenoxy) is 1. The first-order valence-corrected chi connectivity index (χ1v) is 5.70. The quantitative estimate of drug-likeness (QED) is 0.624. The third-order valence-electron chi connectivity index (χ3n) is 2.74. The first-order chi connectivity index (χ1) is 8.22. The van der Waals surface area contributed by atoms with Crippen molar-refractivity contribution in [3.63, 3.8) is 0 Å². The van der Waals surface area contributed by atoms with Gasteiger partial charge in [-0.2, -0.15) is 0 Å². The van der Waals surface area contributed by atoms with Gasteiger partial charge in [0.25, 0.3) is 0 Å². The normalized spacial score (nSPS) is 12.3. The van der Waals surface area contributed by atoms with Gasteiger partial charge in [-0.25, -0.2) is 0 Å². The van der Waals surface area contributed by atoms with Crippen molar-refractivity contribution < 1.29 is 4.74 Å². The molecule has 0 heterocycles. The maximum atomic E-state index is 7.46. The Morgan fingerprint density at radius 1 is 1.24 bits per heavy atom. The number of amidine groups is 1. The van der Waals surface area contributed by atoms with Crippen molar-refractivity contribution in [1.82, 2.24) is 0 Å². The van der Waals surface area contributed by atoms with Crippen LogP contribution in [-0.4, -0.2) is 11.9 Å². The molecule has 0 aliphatic rings. The number of hydrogen-bond acceptors (Lipinski definition) is 2. The van der Waals surface area contributed by atoms with E-state index in [-0.39, 0.29) is 11.9 Å². The van der Waals surface area contributed by atoms with Gasteiger partial charge < -0.3 is 10.5 Å². The molecule has 2 rings (SSSR count). The molecule has 3 heteroatoms. The molecule has 3 N–H and O–H groups in total. The molecular formula is C14H16N2O. The number of fused-ring (bicyclic) bond motifs is 1. The fourth-order valence-corrected chi connectivity index (χ4v) is 1.82. The summed E-state index contributed by atoms with van der Waals surface area (Å²) in [5, 5.41) is 9.64. The highest BCUT2D eigenvalue weighted by atomic mass is 16.5. The van der Waals surface area contributed by atoms with Gasteiger partial charge in [0, 0.05) is 5.39 Å². The average Bonchev–Trinajstić information content (AvgIpc) is 2.35. The molecule has 2 aromatic rings. The molecule has 0 aliphatic heterocycles. The van der Waals surface area contributed by atoms with E-state index in [1.165, 1.54) is 0 Å². The van der Waals surface area contributed by atoms with E-state index in [2.05, 4.69) is 0 Å². The largest absolute Gasteiger partial charge is 0.482 e. The van der Waals surface area contributed by atoms with Crippen LogP contribution in [0.15, 0.2) is 42.5 Å². The van der Waals surface area contributed by atoms with E-state index in [1.807, 2.05) is 49.4 Å². The Kier molecular flexibility index (Phi) is 3.28. The topological polar surface area (TPSA) is 59.1 Å². The molecule has 0 aliphatic carbocycles. The average molecular weight is 228 g/mol. The number of hydrogen-bond donors (Lipinski definition) is 2. The summed E-state index contributed by atoms with van der Waals surface area (Å²) < 4.78 is 5.79. The van der Waals surface area contributed by atoms with Crippen molar-refractivity contribution in [2.45, 2.75) is 19.4 Å². The Balaban J connectivity index is 2.38.